The smallest absolute Gasteiger partial charge is 0.160 e. The molecule has 0 fully saturated rings. The summed E-state index contributed by atoms with van der Waals surface area (Å²) in [4.78, 5) is 0. The lowest BCUT2D eigenvalue weighted by Gasteiger charge is -2.27. The summed E-state index contributed by atoms with van der Waals surface area (Å²) < 4.78 is 32.8. The van der Waals surface area contributed by atoms with E-state index in [1.165, 1.54) is 11.1 Å². The second-order valence-electron chi connectivity index (χ2n) is 7.22. The highest BCUT2D eigenvalue weighted by Crippen LogP contribution is 2.32. The van der Waals surface area contributed by atoms with Crippen LogP contribution in [0.4, 0.5) is 0 Å². The Balaban J connectivity index is 2.25. The quantitative estimate of drug-likeness (QED) is 0.490. The molecule has 2 aromatic rings. The van der Waals surface area contributed by atoms with E-state index in [1.807, 2.05) is 24.3 Å². The number of rotatable bonds is 13. The summed E-state index contributed by atoms with van der Waals surface area (Å²) in [5.74, 6) is 3.44. The molecule has 0 spiro atoms. The zero-order chi connectivity index (χ0) is 21.9. The first-order chi connectivity index (χ1) is 14.6. The van der Waals surface area contributed by atoms with E-state index in [-0.39, 0.29) is 11.8 Å². The van der Waals surface area contributed by atoms with Gasteiger partial charge < -0.3 is 28.4 Å². The minimum absolute atomic E-state index is 0.265. The molecule has 0 unspecified atom stereocenters. The molecule has 2 aromatic carbocycles. The molecule has 0 aliphatic rings. The molecule has 0 saturated heterocycles. The van der Waals surface area contributed by atoms with Crippen molar-refractivity contribution in [2.75, 3.05) is 55.9 Å². The highest BCUT2D eigenvalue weighted by atomic mass is 16.5. The molecule has 2 rings (SSSR count). The van der Waals surface area contributed by atoms with Crippen LogP contribution < -0.4 is 18.9 Å². The topological polar surface area (TPSA) is 55.4 Å². The summed E-state index contributed by atoms with van der Waals surface area (Å²) in [6, 6.07) is 12.1. The van der Waals surface area contributed by atoms with E-state index < -0.39 is 0 Å². The zero-order valence-corrected chi connectivity index (χ0v) is 18.9. The second-order valence-corrected chi connectivity index (χ2v) is 7.22. The van der Waals surface area contributed by atoms with Crippen LogP contribution in [0.5, 0.6) is 23.0 Å². The highest BCUT2D eigenvalue weighted by molar-refractivity contribution is 5.44. The van der Waals surface area contributed by atoms with E-state index in [4.69, 9.17) is 28.4 Å². The molecule has 0 radical (unpaired) electrons. The molecule has 0 N–H and O–H groups in total. The van der Waals surface area contributed by atoms with Gasteiger partial charge in [0.25, 0.3) is 0 Å². The summed E-state index contributed by atoms with van der Waals surface area (Å²) in [6.45, 7) is 1.27. The normalized spacial score (nSPS) is 12.9. The third-order valence-corrected chi connectivity index (χ3v) is 5.32. The van der Waals surface area contributed by atoms with E-state index in [0.29, 0.717) is 13.2 Å². The van der Waals surface area contributed by atoms with Crippen molar-refractivity contribution >= 4 is 0 Å². The molecular weight excluding hydrogens is 384 g/mol. The molecule has 30 heavy (non-hydrogen) atoms. The first-order valence-electron chi connectivity index (χ1n) is 9.99. The van der Waals surface area contributed by atoms with Gasteiger partial charge in [0.15, 0.2) is 23.0 Å². The van der Waals surface area contributed by atoms with Gasteiger partial charge in [-0.2, -0.15) is 0 Å². The van der Waals surface area contributed by atoms with Crippen molar-refractivity contribution in [1.29, 1.82) is 0 Å². The van der Waals surface area contributed by atoms with Gasteiger partial charge in [0.1, 0.15) is 0 Å². The Morgan fingerprint density at radius 2 is 0.900 bits per heavy atom. The maximum absolute atomic E-state index is 5.57. The average Bonchev–Trinajstić information content (AvgIpc) is 2.78. The maximum atomic E-state index is 5.57. The molecule has 0 saturated carbocycles. The third-order valence-electron chi connectivity index (χ3n) is 5.32. The van der Waals surface area contributed by atoms with Crippen LogP contribution in [0.25, 0.3) is 0 Å². The Kier molecular flexibility index (Phi) is 9.77. The van der Waals surface area contributed by atoms with Gasteiger partial charge in [-0.1, -0.05) is 12.1 Å². The standard InChI is InChI=1S/C24H34O6/c1-25-15-19(11-17-7-9-21(27-3)23(13-17)29-5)20(16-26-2)12-18-8-10-22(28-4)24(14-18)30-6/h7-10,13-14,19-20H,11-12,15-16H2,1-6H3/t19-,20-/m1/s1. The highest BCUT2D eigenvalue weighted by Gasteiger charge is 2.24. The minimum Gasteiger partial charge on any atom is -0.493 e. The van der Waals surface area contributed by atoms with Crippen LogP contribution in [-0.2, 0) is 22.3 Å². The Morgan fingerprint density at radius 1 is 0.533 bits per heavy atom. The predicted octanol–water partition coefficient (Wildman–Crippen LogP) is 4.03. The fourth-order valence-electron chi connectivity index (χ4n) is 3.77. The van der Waals surface area contributed by atoms with Gasteiger partial charge in [-0.05, 0) is 60.1 Å². The maximum Gasteiger partial charge on any atom is 0.160 e. The zero-order valence-electron chi connectivity index (χ0n) is 18.9. The fourth-order valence-corrected chi connectivity index (χ4v) is 3.77. The third kappa shape index (κ3) is 6.28. The number of benzene rings is 2. The van der Waals surface area contributed by atoms with Crippen molar-refractivity contribution in [3.63, 3.8) is 0 Å². The van der Waals surface area contributed by atoms with Crippen LogP contribution in [-0.4, -0.2) is 55.9 Å². The number of ether oxygens (including phenoxy) is 6. The number of methoxy groups -OCH3 is 6. The van der Waals surface area contributed by atoms with Crippen molar-refractivity contribution in [3.05, 3.63) is 47.5 Å². The molecule has 0 amide bonds. The largest absolute Gasteiger partial charge is 0.493 e. The first-order valence-corrected chi connectivity index (χ1v) is 9.99. The minimum atomic E-state index is 0.265. The Morgan fingerprint density at radius 3 is 1.20 bits per heavy atom. The molecule has 2 atom stereocenters. The molecule has 6 heteroatoms. The average molecular weight is 419 g/mol. The van der Waals surface area contributed by atoms with Crippen LogP contribution in [0.1, 0.15) is 11.1 Å². The number of hydrogen-bond acceptors (Lipinski definition) is 6. The van der Waals surface area contributed by atoms with Crippen LogP contribution in [0.2, 0.25) is 0 Å². The van der Waals surface area contributed by atoms with E-state index in [9.17, 15) is 0 Å². The lowest BCUT2D eigenvalue weighted by molar-refractivity contribution is 0.0697. The summed E-state index contributed by atoms with van der Waals surface area (Å²) in [7, 11) is 10.1. The Bertz CT molecular complexity index is 711. The van der Waals surface area contributed by atoms with Crippen LogP contribution in [0.15, 0.2) is 36.4 Å². The van der Waals surface area contributed by atoms with Crippen molar-refractivity contribution < 1.29 is 28.4 Å². The van der Waals surface area contributed by atoms with Gasteiger partial charge in [0.05, 0.1) is 28.4 Å². The van der Waals surface area contributed by atoms with E-state index in [2.05, 4.69) is 12.1 Å². The van der Waals surface area contributed by atoms with Crippen LogP contribution >= 0.6 is 0 Å². The predicted molar refractivity (Wildman–Crippen MR) is 117 cm³/mol. The summed E-state index contributed by atoms with van der Waals surface area (Å²) in [6.07, 6.45) is 1.69. The lowest BCUT2D eigenvalue weighted by Crippen LogP contribution is -2.27. The Labute approximate surface area is 180 Å². The van der Waals surface area contributed by atoms with Crippen molar-refractivity contribution in [2.45, 2.75) is 12.8 Å². The van der Waals surface area contributed by atoms with Crippen molar-refractivity contribution in [1.82, 2.24) is 0 Å². The van der Waals surface area contributed by atoms with Gasteiger partial charge in [-0.3, -0.25) is 0 Å². The lowest BCUT2D eigenvalue weighted by atomic mass is 9.83. The molecule has 0 heterocycles. The first kappa shape index (κ1) is 23.8. The van der Waals surface area contributed by atoms with Crippen molar-refractivity contribution in [2.24, 2.45) is 11.8 Å². The molecular formula is C24H34O6. The van der Waals surface area contributed by atoms with Gasteiger partial charge >= 0.3 is 0 Å². The van der Waals surface area contributed by atoms with Crippen LogP contribution in [0.3, 0.4) is 0 Å². The van der Waals surface area contributed by atoms with Gasteiger partial charge in [0.2, 0.25) is 0 Å². The molecule has 0 aliphatic carbocycles. The van der Waals surface area contributed by atoms with Gasteiger partial charge in [0, 0.05) is 27.4 Å². The van der Waals surface area contributed by atoms with Gasteiger partial charge in [-0.25, -0.2) is 0 Å². The van der Waals surface area contributed by atoms with E-state index >= 15 is 0 Å². The van der Waals surface area contributed by atoms with Gasteiger partial charge in [-0.15, -0.1) is 0 Å². The van der Waals surface area contributed by atoms with Crippen molar-refractivity contribution in [3.8, 4) is 23.0 Å². The summed E-state index contributed by atoms with van der Waals surface area (Å²) in [5, 5.41) is 0. The fraction of sp³-hybridized carbons (Fsp3) is 0.500. The number of hydrogen-bond donors (Lipinski definition) is 0. The molecule has 0 bridgehead atoms. The molecule has 0 aromatic heterocycles. The summed E-state index contributed by atoms with van der Waals surface area (Å²) in [5.41, 5.74) is 2.34. The summed E-state index contributed by atoms with van der Waals surface area (Å²) >= 11 is 0. The second kappa shape index (κ2) is 12.3. The SMILES string of the molecule is COC[C@@H](Cc1ccc(OC)c(OC)c1)[C@@H](COC)Cc1ccc(OC)c(OC)c1. The Hall–Kier alpha value is -2.44. The molecule has 6 nitrogen and oxygen atoms in total. The monoisotopic (exact) mass is 418 g/mol. The molecule has 0 aliphatic heterocycles. The van der Waals surface area contributed by atoms with E-state index in [1.54, 1.807) is 42.7 Å². The van der Waals surface area contributed by atoms with Crippen LogP contribution in [0, 0.1) is 11.8 Å². The molecule has 166 valence electrons. The van der Waals surface area contributed by atoms with E-state index in [0.717, 1.165) is 35.8 Å².